The van der Waals surface area contributed by atoms with Gasteiger partial charge in [-0.2, -0.15) is 10.2 Å². The third-order valence-corrected chi connectivity index (χ3v) is 9.37. The molecule has 6 nitrogen and oxygen atoms in total. The number of aromatic amines is 2. The molecular weight excluding hydrogens is 356 g/mol. The SMILES string of the molecule is CC(C)(C)[Si](C)(C)Oc1ccc2[nH]ncc2c1.Oc1ccc2[nH]ncc2c1. The van der Waals surface area contributed by atoms with Crippen LogP contribution in [0.5, 0.6) is 11.5 Å². The second-order valence-corrected chi connectivity index (χ2v) is 12.8. The molecule has 2 aromatic heterocycles. The topological polar surface area (TPSA) is 86.8 Å². The molecule has 142 valence electrons. The highest BCUT2D eigenvalue weighted by atomic mass is 28.4. The van der Waals surface area contributed by atoms with Gasteiger partial charge in [0.2, 0.25) is 8.32 Å². The van der Waals surface area contributed by atoms with Gasteiger partial charge in [0.1, 0.15) is 11.5 Å². The van der Waals surface area contributed by atoms with Crippen LogP contribution in [0, 0.1) is 0 Å². The minimum Gasteiger partial charge on any atom is -0.543 e. The normalized spacial score (nSPS) is 12.0. The van der Waals surface area contributed by atoms with Crippen LogP contribution in [0.1, 0.15) is 20.8 Å². The Morgan fingerprint density at radius 2 is 1.44 bits per heavy atom. The first-order valence-electron chi connectivity index (χ1n) is 8.90. The van der Waals surface area contributed by atoms with Gasteiger partial charge < -0.3 is 9.53 Å². The summed E-state index contributed by atoms with van der Waals surface area (Å²) in [6, 6.07) is 11.2. The summed E-state index contributed by atoms with van der Waals surface area (Å²) >= 11 is 0. The highest BCUT2D eigenvalue weighted by Gasteiger charge is 2.38. The van der Waals surface area contributed by atoms with Gasteiger partial charge in [-0.15, -0.1) is 0 Å². The standard InChI is InChI=1S/C13H20N2OSi.C7H6N2O/c1-13(2,3)17(4,5)16-11-6-7-12-10(8-11)9-14-15-12;10-6-1-2-7-5(3-6)4-8-9-7/h6-9H,1-5H3,(H,14,15);1-4,10H,(H,8,9). The first-order valence-corrected chi connectivity index (χ1v) is 11.8. The summed E-state index contributed by atoms with van der Waals surface area (Å²) in [5, 5.41) is 24.8. The van der Waals surface area contributed by atoms with Crippen molar-refractivity contribution in [1.29, 1.82) is 0 Å². The first kappa shape index (κ1) is 19.0. The number of nitrogens with one attached hydrogen (secondary N) is 2. The molecule has 2 aromatic carbocycles. The van der Waals surface area contributed by atoms with Gasteiger partial charge in [-0.25, -0.2) is 0 Å². The Kier molecular flexibility index (Phi) is 4.97. The summed E-state index contributed by atoms with van der Waals surface area (Å²) in [7, 11) is -1.74. The Labute approximate surface area is 159 Å². The van der Waals surface area contributed by atoms with Crippen LogP contribution in [0.3, 0.4) is 0 Å². The van der Waals surface area contributed by atoms with E-state index in [2.05, 4.69) is 60.3 Å². The monoisotopic (exact) mass is 382 g/mol. The van der Waals surface area contributed by atoms with Crippen LogP contribution in [0.25, 0.3) is 21.8 Å². The molecule has 0 aliphatic rings. The van der Waals surface area contributed by atoms with E-state index in [4.69, 9.17) is 9.53 Å². The van der Waals surface area contributed by atoms with Crippen LogP contribution in [-0.2, 0) is 0 Å². The molecule has 0 unspecified atom stereocenters. The second-order valence-electron chi connectivity index (χ2n) is 8.12. The van der Waals surface area contributed by atoms with Crippen molar-refractivity contribution in [1.82, 2.24) is 20.4 Å². The number of hydrogen-bond acceptors (Lipinski definition) is 4. The molecule has 4 aromatic rings. The molecule has 0 fully saturated rings. The molecule has 0 saturated carbocycles. The lowest BCUT2D eigenvalue weighted by Gasteiger charge is -2.36. The molecule has 0 atom stereocenters. The predicted octanol–water partition coefficient (Wildman–Crippen LogP) is 5.22. The number of fused-ring (bicyclic) bond motifs is 2. The summed E-state index contributed by atoms with van der Waals surface area (Å²) in [6.45, 7) is 11.2. The van der Waals surface area contributed by atoms with Crippen molar-refractivity contribution in [3.05, 3.63) is 48.8 Å². The molecule has 0 saturated heterocycles. The Bertz CT molecular complexity index is 1050. The smallest absolute Gasteiger partial charge is 0.250 e. The van der Waals surface area contributed by atoms with Gasteiger partial charge in [0, 0.05) is 10.8 Å². The molecule has 27 heavy (non-hydrogen) atoms. The Hall–Kier alpha value is -2.80. The third-order valence-electron chi connectivity index (χ3n) is 5.01. The van der Waals surface area contributed by atoms with Crippen molar-refractivity contribution < 1.29 is 9.53 Å². The molecule has 3 N–H and O–H groups in total. The average Bonchev–Trinajstić information content (AvgIpc) is 3.21. The number of phenolic OH excluding ortho intramolecular Hbond substituents is 1. The van der Waals surface area contributed by atoms with Gasteiger partial charge in [-0.3, -0.25) is 10.2 Å². The minimum atomic E-state index is -1.74. The van der Waals surface area contributed by atoms with E-state index in [1.165, 1.54) is 0 Å². The van der Waals surface area contributed by atoms with E-state index < -0.39 is 8.32 Å². The van der Waals surface area contributed by atoms with E-state index in [-0.39, 0.29) is 10.8 Å². The van der Waals surface area contributed by atoms with Crippen LogP contribution >= 0.6 is 0 Å². The molecule has 0 aliphatic carbocycles. The van der Waals surface area contributed by atoms with Gasteiger partial charge in [0.15, 0.2) is 0 Å². The minimum absolute atomic E-state index is 0.221. The average molecular weight is 383 g/mol. The van der Waals surface area contributed by atoms with Crippen LogP contribution < -0.4 is 4.43 Å². The number of aromatic hydroxyl groups is 1. The highest BCUT2D eigenvalue weighted by molar-refractivity contribution is 6.74. The van der Waals surface area contributed by atoms with E-state index >= 15 is 0 Å². The van der Waals surface area contributed by atoms with E-state index in [0.717, 1.165) is 27.6 Å². The van der Waals surface area contributed by atoms with Gasteiger partial charge in [-0.1, -0.05) is 20.8 Å². The fourth-order valence-corrected chi connectivity index (χ4v) is 3.38. The number of rotatable bonds is 2. The zero-order valence-electron chi connectivity index (χ0n) is 16.4. The van der Waals surface area contributed by atoms with Crippen LogP contribution in [-0.4, -0.2) is 33.8 Å². The Balaban J connectivity index is 0.000000177. The largest absolute Gasteiger partial charge is 0.543 e. The third kappa shape index (κ3) is 4.31. The number of aromatic nitrogens is 4. The van der Waals surface area contributed by atoms with Gasteiger partial charge in [-0.05, 0) is 54.5 Å². The quantitative estimate of drug-likeness (QED) is 0.415. The number of benzene rings is 2. The Morgan fingerprint density at radius 1 is 0.889 bits per heavy atom. The Morgan fingerprint density at radius 3 is 2.04 bits per heavy atom. The van der Waals surface area contributed by atoms with Crippen molar-refractivity contribution >= 4 is 30.1 Å². The molecule has 0 amide bonds. The maximum Gasteiger partial charge on any atom is 0.250 e. The van der Waals surface area contributed by atoms with Crippen molar-refractivity contribution in [2.75, 3.05) is 0 Å². The maximum absolute atomic E-state index is 9.01. The number of nitrogens with zero attached hydrogens (tertiary/aromatic N) is 2. The number of hydrogen-bond donors (Lipinski definition) is 3. The molecule has 0 spiro atoms. The number of phenols is 1. The molecule has 7 heteroatoms. The van der Waals surface area contributed by atoms with Gasteiger partial charge in [0.25, 0.3) is 0 Å². The van der Waals surface area contributed by atoms with Crippen molar-refractivity contribution in [3.63, 3.8) is 0 Å². The fraction of sp³-hybridized carbons (Fsp3) is 0.300. The highest BCUT2D eigenvalue weighted by Crippen LogP contribution is 2.37. The molecule has 0 aliphatic heterocycles. The molecule has 0 bridgehead atoms. The van der Waals surface area contributed by atoms with E-state index in [0.29, 0.717) is 0 Å². The lowest BCUT2D eigenvalue weighted by atomic mass is 10.2. The van der Waals surface area contributed by atoms with Crippen molar-refractivity contribution in [2.24, 2.45) is 0 Å². The fourth-order valence-electron chi connectivity index (χ4n) is 2.36. The van der Waals surface area contributed by atoms with Crippen molar-refractivity contribution in [3.8, 4) is 11.5 Å². The summed E-state index contributed by atoms with van der Waals surface area (Å²) in [6.07, 6.45) is 3.50. The maximum atomic E-state index is 9.01. The second kappa shape index (κ2) is 7.07. The molecular formula is C20H26N4O2Si. The molecule has 4 rings (SSSR count). The summed E-state index contributed by atoms with van der Waals surface area (Å²) in [5.74, 6) is 1.22. The lowest BCUT2D eigenvalue weighted by molar-refractivity contribution is 0.476. The van der Waals surface area contributed by atoms with E-state index in [1.54, 1.807) is 24.4 Å². The molecule has 0 radical (unpaired) electrons. The first-order chi connectivity index (χ1) is 12.7. The summed E-state index contributed by atoms with van der Waals surface area (Å²) in [4.78, 5) is 0. The zero-order valence-corrected chi connectivity index (χ0v) is 17.4. The van der Waals surface area contributed by atoms with Crippen LogP contribution in [0.2, 0.25) is 18.1 Å². The summed E-state index contributed by atoms with van der Waals surface area (Å²) in [5.41, 5.74) is 1.99. The van der Waals surface area contributed by atoms with E-state index in [1.807, 2.05) is 18.3 Å². The van der Waals surface area contributed by atoms with Crippen LogP contribution in [0.15, 0.2) is 48.8 Å². The lowest BCUT2D eigenvalue weighted by Crippen LogP contribution is -2.43. The zero-order chi connectivity index (χ0) is 19.7. The van der Waals surface area contributed by atoms with Gasteiger partial charge in [0.05, 0.1) is 23.4 Å². The van der Waals surface area contributed by atoms with Crippen molar-refractivity contribution in [2.45, 2.75) is 38.9 Å². The number of H-pyrrole nitrogens is 2. The molecule has 2 heterocycles. The predicted molar refractivity (Wildman–Crippen MR) is 112 cm³/mol. The van der Waals surface area contributed by atoms with Crippen LogP contribution in [0.4, 0.5) is 0 Å². The van der Waals surface area contributed by atoms with Gasteiger partial charge >= 0.3 is 0 Å². The summed E-state index contributed by atoms with van der Waals surface area (Å²) < 4.78 is 6.24. The van der Waals surface area contributed by atoms with E-state index in [9.17, 15) is 0 Å².